The highest BCUT2D eigenvalue weighted by Crippen LogP contribution is 2.13. The number of carbonyl (C=O) groups is 1. The second-order valence-electron chi connectivity index (χ2n) is 3.69. The van der Waals surface area contributed by atoms with Gasteiger partial charge in [0, 0.05) is 13.1 Å². The number of hydrogen-bond donors (Lipinski definition) is 0. The number of carbonyl (C=O) groups excluding carboxylic acids is 1. The number of rotatable bonds is 6. The first-order valence-electron chi connectivity index (χ1n) is 5.61. The summed E-state index contributed by atoms with van der Waals surface area (Å²) in [6.45, 7) is 3.41. The van der Waals surface area contributed by atoms with Crippen molar-refractivity contribution >= 4 is 17.7 Å². The summed E-state index contributed by atoms with van der Waals surface area (Å²) in [4.78, 5) is 13.6. The predicted octanol–water partition coefficient (Wildman–Crippen LogP) is 2.41. The van der Waals surface area contributed by atoms with Crippen LogP contribution in [0.15, 0.2) is 24.3 Å². The Labute approximate surface area is 107 Å². The molecule has 0 aliphatic rings. The zero-order valence-electron chi connectivity index (χ0n) is 10.6. The number of benzene rings is 1. The van der Waals surface area contributed by atoms with Crippen LogP contribution in [0.4, 0.5) is 0 Å². The molecule has 0 atom stereocenters. The molecule has 3 nitrogen and oxygen atoms in total. The van der Waals surface area contributed by atoms with E-state index in [9.17, 15) is 4.79 Å². The van der Waals surface area contributed by atoms with Crippen LogP contribution in [0.2, 0.25) is 0 Å². The van der Waals surface area contributed by atoms with E-state index in [-0.39, 0.29) is 5.91 Å². The molecule has 0 radical (unpaired) electrons. The Hall–Kier alpha value is -1.16. The lowest BCUT2D eigenvalue weighted by Crippen LogP contribution is -2.31. The topological polar surface area (TPSA) is 29.5 Å². The van der Waals surface area contributed by atoms with Gasteiger partial charge in [-0.3, -0.25) is 4.79 Å². The van der Waals surface area contributed by atoms with Gasteiger partial charge in [0.1, 0.15) is 5.75 Å². The average Bonchev–Trinajstić information content (AvgIpc) is 2.37. The molecule has 0 bridgehead atoms. The quantitative estimate of drug-likeness (QED) is 0.779. The molecule has 0 N–H and O–H groups in total. The van der Waals surface area contributed by atoms with Crippen LogP contribution in [0.1, 0.15) is 12.5 Å². The van der Waals surface area contributed by atoms with Crippen LogP contribution in [0.25, 0.3) is 0 Å². The maximum atomic E-state index is 11.8. The molecule has 0 aromatic heterocycles. The first-order chi connectivity index (χ1) is 8.21. The number of ether oxygens (including phenoxy) is 1. The molecule has 0 saturated carbocycles. The first kappa shape index (κ1) is 13.9. The summed E-state index contributed by atoms with van der Waals surface area (Å²) >= 11 is 1.56. The summed E-state index contributed by atoms with van der Waals surface area (Å²) in [5.74, 6) is 1.58. The molecule has 0 unspecified atom stereocenters. The summed E-state index contributed by atoms with van der Waals surface area (Å²) in [7, 11) is 1.65. The molecular weight excluding hydrogens is 234 g/mol. The molecule has 17 heavy (non-hydrogen) atoms. The first-order valence-corrected chi connectivity index (χ1v) is 7.00. The molecule has 1 aromatic carbocycles. The van der Waals surface area contributed by atoms with Gasteiger partial charge in [-0.1, -0.05) is 12.1 Å². The average molecular weight is 253 g/mol. The van der Waals surface area contributed by atoms with Crippen molar-refractivity contribution in [1.82, 2.24) is 4.90 Å². The molecule has 0 saturated heterocycles. The van der Waals surface area contributed by atoms with E-state index >= 15 is 0 Å². The van der Waals surface area contributed by atoms with Crippen molar-refractivity contribution in [3.05, 3.63) is 29.8 Å². The second-order valence-corrected chi connectivity index (χ2v) is 4.56. The van der Waals surface area contributed by atoms with Gasteiger partial charge in [0.15, 0.2) is 0 Å². The Morgan fingerprint density at radius 2 is 2.00 bits per heavy atom. The van der Waals surface area contributed by atoms with E-state index in [0.29, 0.717) is 12.3 Å². The highest BCUT2D eigenvalue weighted by molar-refractivity contribution is 7.99. The zero-order chi connectivity index (χ0) is 12.7. The highest BCUT2D eigenvalue weighted by atomic mass is 32.2. The summed E-state index contributed by atoms with van der Waals surface area (Å²) in [6, 6.07) is 7.83. The van der Waals surface area contributed by atoms with Gasteiger partial charge in [-0.05, 0) is 30.9 Å². The van der Waals surface area contributed by atoms with Crippen molar-refractivity contribution in [2.45, 2.75) is 13.5 Å². The number of hydrogen-bond acceptors (Lipinski definition) is 3. The van der Waals surface area contributed by atoms with Gasteiger partial charge in [0.05, 0.1) is 12.9 Å². The number of nitrogens with zero attached hydrogens (tertiary/aromatic N) is 1. The summed E-state index contributed by atoms with van der Waals surface area (Å²) in [5.41, 5.74) is 1.13. The molecule has 1 amide bonds. The number of thioether (sulfide) groups is 1. The van der Waals surface area contributed by atoms with Crippen LogP contribution in [0, 0.1) is 0 Å². The van der Waals surface area contributed by atoms with Crippen molar-refractivity contribution in [3.8, 4) is 5.75 Å². The molecule has 0 aliphatic carbocycles. The molecule has 1 aromatic rings. The molecule has 94 valence electrons. The smallest absolute Gasteiger partial charge is 0.232 e. The monoisotopic (exact) mass is 253 g/mol. The fraction of sp³-hybridized carbons (Fsp3) is 0.462. The third-order valence-electron chi connectivity index (χ3n) is 2.53. The zero-order valence-corrected chi connectivity index (χ0v) is 11.4. The SMILES string of the molecule is CCN(Cc1ccc(OC)cc1)C(=O)CSC. The molecule has 4 heteroatoms. The maximum Gasteiger partial charge on any atom is 0.232 e. The van der Waals surface area contributed by atoms with Crippen LogP contribution < -0.4 is 4.74 Å². The third kappa shape index (κ3) is 4.30. The molecule has 1 rings (SSSR count). The third-order valence-corrected chi connectivity index (χ3v) is 3.07. The van der Waals surface area contributed by atoms with Crippen molar-refractivity contribution in [1.29, 1.82) is 0 Å². The lowest BCUT2D eigenvalue weighted by molar-refractivity contribution is -0.128. The van der Waals surface area contributed by atoms with Gasteiger partial charge in [-0.25, -0.2) is 0 Å². The Kier molecular flexibility index (Phi) is 5.91. The van der Waals surface area contributed by atoms with Crippen molar-refractivity contribution in [3.63, 3.8) is 0 Å². The molecular formula is C13H19NO2S. The van der Waals surface area contributed by atoms with Crippen LogP contribution >= 0.6 is 11.8 Å². The minimum atomic E-state index is 0.191. The minimum absolute atomic E-state index is 0.191. The Balaban J connectivity index is 2.63. The van der Waals surface area contributed by atoms with E-state index in [1.54, 1.807) is 18.9 Å². The van der Waals surface area contributed by atoms with Crippen LogP contribution in [-0.2, 0) is 11.3 Å². The van der Waals surface area contributed by atoms with Crippen LogP contribution in [-0.4, -0.2) is 36.5 Å². The van der Waals surface area contributed by atoms with Crippen molar-refractivity contribution in [2.24, 2.45) is 0 Å². The summed E-state index contributed by atoms with van der Waals surface area (Å²) in [5, 5.41) is 0. The highest BCUT2D eigenvalue weighted by Gasteiger charge is 2.10. The molecule has 0 aliphatic heterocycles. The minimum Gasteiger partial charge on any atom is -0.497 e. The lowest BCUT2D eigenvalue weighted by atomic mass is 10.2. The molecule has 0 fully saturated rings. The fourth-order valence-corrected chi connectivity index (χ4v) is 1.97. The Morgan fingerprint density at radius 3 is 2.47 bits per heavy atom. The summed E-state index contributed by atoms with van der Waals surface area (Å²) in [6.07, 6.45) is 1.94. The van der Waals surface area contributed by atoms with Gasteiger partial charge in [0.2, 0.25) is 5.91 Å². The molecule has 0 spiro atoms. The number of methoxy groups -OCH3 is 1. The van der Waals surface area contributed by atoms with Crippen LogP contribution in [0.3, 0.4) is 0 Å². The van der Waals surface area contributed by atoms with E-state index in [2.05, 4.69) is 0 Å². The summed E-state index contributed by atoms with van der Waals surface area (Å²) < 4.78 is 5.10. The Morgan fingerprint density at radius 1 is 1.35 bits per heavy atom. The van der Waals surface area contributed by atoms with E-state index in [1.165, 1.54) is 0 Å². The normalized spacial score (nSPS) is 10.1. The molecule has 0 heterocycles. The van der Waals surface area contributed by atoms with E-state index < -0.39 is 0 Å². The van der Waals surface area contributed by atoms with Gasteiger partial charge in [0.25, 0.3) is 0 Å². The lowest BCUT2D eigenvalue weighted by Gasteiger charge is -2.20. The van der Waals surface area contributed by atoms with E-state index in [0.717, 1.165) is 17.9 Å². The second kappa shape index (κ2) is 7.22. The van der Waals surface area contributed by atoms with Crippen molar-refractivity contribution in [2.75, 3.05) is 25.7 Å². The largest absolute Gasteiger partial charge is 0.497 e. The fourth-order valence-electron chi connectivity index (χ4n) is 1.54. The number of amides is 1. The van der Waals surface area contributed by atoms with Gasteiger partial charge in [-0.2, -0.15) is 11.8 Å². The van der Waals surface area contributed by atoms with Gasteiger partial charge in [-0.15, -0.1) is 0 Å². The van der Waals surface area contributed by atoms with Crippen LogP contribution in [0.5, 0.6) is 5.75 Å². The van der Waals surface area contributed by atoms with Crippen molar-refractivity contribution < 1.29 is 9.53 Å². The van der Waals surface area contributed by atoms with Gasteiger partial charge >= 0.3 is 0 Å². The van der Waals surface area contributed by atoms with E-state index in [1.807, 2.05) is 42.3 Å². The standard InChI is InChI=1S/C13H19NO2S/c1-4-14(13(15)10-17-3)9-11-5-7-12(16-2)8-6-11/h5-8H,4,9-10H2,1-3H3. The van der Waals surface area contributed by atoms with Gasteiger partial charge < -0.3 is 9.64 Å². The predicted molar refractivity (Wildman–Crippen MR) is 72.5 cm³/mol. The Bertz CT molecular complexity index is 351. The maximum absolute atomic E-state index is 11.8. The van der Waals surface area contributed by atoms with E-state index in [4.69, 9.17) is 4.74 Å².